The van der Waals surface area contributed by atoms with Gasteiger partial charge in [-0.25, -0.2) is 0 Å². The first-order valence-corrected chi connectivity index (χ1v) is 11.2. The van der Waals surface area contributed by atoms with Crippen molar-refractivity contribution in [2.75, 3.05) is 36.4 Å². The molecule has 2 aliphatic heterocycles. The highest BCUT2D eigenvalue weighted by atomic mass is 16.5. The van der Waals surface area contributed by atoms with E-state index < -0.39 is 6.10 Å². The number of para-hydroxylation sites is 3. The zero-order chi connectivity index (χ0) is 21.8. The predicted octanol–water partition coefficient (Wildman–Crippen LogP) is 3.78. The van der Waals surface area contributed by atoms with Crippen LogP contribution in [0, 0.1) is 6.92 Å². The smallest absolute Gasteiger partial charge is 0.265 e. The van der Waals surface area contributed by atoms with E-state index in [4.69, 9.17) is 4.74 Å². The minimum absolute atomic E-state index is 0.0202. The molecule has 2 aromatic carbocycles. The van der Waals surface area contributed by atoms with Gasteiger partial charge in [-0.3, -0.25) is 9.59 Å². The number of amides is 2. The third kappa shape index (κ3) is 4.68. The Bertz CT molecular complexity index is 953. The second-order valence-electron chi connectivity index (χ2n) is 8.35. The Morgan fingerprint density at radius 1 is 1.06 bits per heavy atom. The highest BCUT2D eigenvalue weighted by molar-refractivity contribution is 5.96. The molecule has 2 amide bonds. The maximum absolute atomic E-state index is 13.1. The van der Waals surface area contributed by atoms with Gasteiger partial charge in [0.2, 0.25) is 5.91 Å². The van der Waals surface area contributed by atoms with Gasteiger partial charge in [-0.1, -0.05) is 37.3 Å². The number of likely N-dealkylation sites (tertiary alicyclic amines) is 1. The number of hydrogen-bond acceptors (Lipinski definition) is 4. The van der Waals surface area contributed by atoms with Gasteiger partial charge in [-0.2, -0.15) is 0 Å². The summed E-state index contributed by atoms with van der Waals surface area (Å²) < 4.78 is 6.07. The first-order chi connectivity index (χ1) is 15.1. The van der Waals surface area contributed by atoms with E-state index in [1.54, 1.807) is 0 Å². The van der Waals surface area contributed by atoms with Crippen LogP contribution in [0.4, 0.5) is 11.4 Å². The summed E-state index contributed by atoms with van der Waals surface area (Å²) >= 11 is 0. The minimum Gasteiger partial charge on any atom is -0.477 e. The van der Waals surface area contributed by atoms with Crippen molar-refractivity contribution < 1.29 is 14.3 Å². The van der Waals surface area contributed by atoms with Crippen LogP contribution in [-0.2, 0) is 16.0 Å². The molecule has 1 fully saturated rings. The van der Waals surface area contributed by atoms with Crippen molar-refractivity contribution in [3.05, 3.63) is 53.6 Å². The molecule has 2 heterocycles. The fourth-order valence-corrected chi connectivity index (χ4v) is 4.46. The zero-order valence-electron chi connectivity index (χ0n) is 18.4. The van der Waals surface area contributed by atoms with E-state index in [1.807, 2.05) is 59.2 Å². The molecule has 0 bridgehead atoms. The number of hydrogen-bond donors (Lipinski definition) is 1. The number of benzene rings is 2. The number of carbonyl (C=O) groups excluding carboxylic acids is 2. The van der Waals surface area contributed by atoms with Crippen LogP contribution in [0.5, 0.6) is 5.75 Å². The zero-order valence-corrected chi connectivity index (χ0v) is 18.4. The van der Waals surface area contributed by atoms with E-state index in [-0.39, 0.29) is 18.4 Å². The highest BCUT2D eigenvalue weighted by Gasteiger charge is 2.34. The maximum Gasteiger partial charge on any atom is 0.265 e. The minimum atomic E-state index is -0.592. The highest BCUT2D eigenvalue weighted by Crippen LogP contribution is 2.33. The second-order valence-corrected chi connectivity index (χ2v) is 8.35. The Morgan fingerprint density at radius 2 is 1.84 bits per heavy atom. The number of rotatable bonds is 5. The van der Waals surface area contributed by atoms with Crippen molar-refractivity contribution in [3.63, 3.8) is 0 Å². The van der Waals surface area contributed by atoms with Crippen LogP contribution in [-0.4, -0.2) is 49.0 Å². The molecule has 1 N–H and O–H groups in total. The van der Waals surface area contributed by atoms with Crippen LogP contribution in [0.1, 0.15) is 37.3 Å². The molecule has 4 rings (SSSR count). The van der Waals surface area contributed by atoms with Crippen LogP contribution in [0.15, 0.2) is 42.5 Å². The lowest BCUT2D eigenvalue weighted by Crippen LogP contribution is -2.52. The molecule has 0 spiro atoms. The molecule has 0 aromatic heterocycles. The Kier molecular flexibility index (Phi) is 6.44. The average molecular weight is 422 g/mol. The molecule has 1 atom stereocenters. The van der Waals surface area contributed by atoms with Crippen molar-refractivity contribution in [1.29, 1.82) is 0 Å². The maximum atomic E-state index is 13.1. The Balaban J connectivity index is 1.51. The Labute approximate surface area is 184 Å². The van der Waals surface area contributed by atoms with Gasteiger partial charge in [0.1, 0.15) is 5.75 Å². The standard InChI is InChI=1S/C25H31N3O3/c1-3-19-11-9-10-18(2)24(19)26-23(29)17-28-16-22(25(30)27-14-7-4-8-15-27)31-21-13-6-5-12-20(21)28/h5-6,9-13,22H,3-4,7-8,14-17H2,1-2H3,(H,26,29). The molecule has 31 heavy (non-hydrogen) atoms. The van der Waals surface area contributed by atoms with Crippen LogP contribution in [0.2, 0.25) is 0 Å². The lowest BCUT2D eigenvalue weighted by Gasteiger charge is -2.38. The topological polar surface area (TPSA) is 61.9 Å². The normalized spacial score (nSPS) is 18.2. The van der Waals surface area contributed by atoms with Gasteiger partial charge >= 0.3 is 0 Å². The number of aryl methyl sites for hydroxylation is 2. The summed E-state index contributed by atoms with van der Waals surface area (Å²) in [5.41, 5.74) is 3.90. The SMILES string of the molecule is CCc1cccc(C)c1NC(=O)CN1CC(C(=O)N2CCCCC2)Oc2ccccc21. The van der Waals surface area contributed by atoms with Crippen molar-refractivity contribution in [2.24, 2.45) is 0 Å². The summed E-state index contributed by atoms with van der Waals surface area (Å²) in [6.07, 6.45) is 3.51. The lowest BCUT2D eigenvalue weighted by atomic mass is 10.1. The number of anilines is 2. The summed E-state index contributed by atoms with van der Waals surface area (Å²) in [6, 6.07) is 13.7. The summed E-state index contributed by atoms with van der Waals surface area (Å²) in [6.45, 7) is 6.20. The van der Waals surface area contributed by atoms with Crippen LogP contribution >= 0.6 is 0 Å². The third-order valence-electron chi connectivity index (χ3n) is 6.14. The fraction of sp³-hybridized carbons (Fsp3) is 0.440. The van der Waals surface area contributed by atoms with E-state index in [9.17, 15) is 9.59 Å². The Morgan fingerprint density at radius 3 is 2.61 bits per heavy atom. The molecule has 0 radical (unpaired) electrons. The van der Waals surface area contributed by atoms with Crippen LogP contribution < -0.4 is 15.0 Å². The lowest BCUT2D eigenvalue weighted by molar-refractivity contribution is -0.139. The number of fused-ring (bicyclic) bond motifs is 1. The van der Waals surface area contributed by atoms with Crippen LogP contribution in [0.25, 0.3) is 0 Å². The fourth-order valence-electron chi connectivity index (χ4n) is 4.46. The van der Waals surface area contributed by atoms with Gasteiger partial charge in [-0.05, 0) is 55.9 Å². The Hall–Kier alpha value is -3.02. The summed E-state index contributed by atoms with van der Waals surface area (Å²) in [5, 5.41) is 3.10. The van der Waals surface area contributed by atoms with Crippen molar-refractivity contribution in [2.45, 2.75) is 45.6 Å². The van der Waals surface area contributed by atoms with Gasteiger partial charge in [0.25, 0.3) is 5.91 Å². The van der Waals surface area contributed by atoms with E-state index >= 15 is 0 Å². The van der Waals surface area contributed by atoms with Gasteiger partial charge in [0.05, 0.1) is 18.8 Å². The first kappa shape index (κ1) is 21.2. The number of ether oxygens (including phenoxy) is 1. The second kappa shape index (κ2) is 9.41. The summed E-state index contributed by atoms with van der Waals surface area (Å²) in [5.74, 6) is 0.582. The molecule has 1 unspecified atom stereocenters. The molecule has 0 saturated carbocycles. The quantitative estimate of drug-likeness (QED) is 0.798. The molecule has 164 valence electrons. The molecule has 2 aromatic rings. The predicted molar refractivity (Wildman–Crippen MR) is 123 cm³/mol. The van der Waals surface area contributed by atoms with Gasteiger partial charge < -0.3 is 19.9 Å². The number of piperidine rings is 1. The number of carbonyl (C=O) groups is 2. The number of nitrogens with zero attached hydrogens (tertiary/aromatic N) is 2. The molecule has 6 nitrogen and oxygen atoms in total. The number of nitrogens with one attached hydrogen (secondary N) is 1. The van der Waals surface area contributed by atoms with Crippen LogP contribution in [0.3, 0.4) is 0 Å². The third-order valence-corrected chi connectivity index (χ3v) is 6.14. The largest absolute Gasteiger partial charge is 0.477 e. The summed E-state index contributed by atoms with van der Waals surface area (Å²) in [4.78, 5) is 30.0. The van der Waals surface area contributed by atoms with Crippen molar-refractivity contribution >= 4 is 23.2 Å². The monoisotopic (exact) mass is 421 g/mol. The van der Waals surface area contributed by atoms with Gasteiger partial charge in [0, 0.05) is 18.8 Å². The molecule has 6 heteroatoms. The average Bonchev–Trinajstić information content (AvgIpc) is 2.80. The molecular formula is C25H31N3O3. The van der Waals surface area contributed by atoms with Crippen molar-refractivity contribution in [3.8, 4) is 5.75 Å². The molecule has 1 saturated heterocycles. The summed E-state index contributed by atoms with van der Waals surface area (Å²) in [7, 11) is 0. The van der Waals surface area contributed by atoms with E-state index in [0.717, 1.165) is 54.9 Å². The molecular weight excluding hydrogens is 390 g/mol. The van der Waals surface area contributed by atoms with E-state index in [0.29, 0.717) is 12.3 Å². The van der Waals surface area contributed by atoms with E-state index in [2.05, 4.69) is 12.2 Å². The first-order valence-electron chi connectivity index (χ1n) is 11.2. The van der Waals surface area contributed by atoms with Gasteiger partial charge in [0.15, 0.2) is 6.10 Å². The van der Waals surface area contributed by atoms with Gasteiger partial charge in [-0.15, -0.1) is 0 Å². The molecule has 0 aliphatic carbocycles. The molecule has 2 aliphatic rings. The van der Waals surface area contributed by atoms with E-state index in [1.165, 1.54) is 6.42 Å². The van der Waals surface area contributed by atoms with Crippen molar-refractivity contribution in [1.82, 2.24) is 4.90 Å².